The van der Waals surface area contributed by atoms with E-state index in [9.17, 15) is 19.5 Å². The van der Waals surface area contributed by atoms with Crippen molar-refractivity contribution in [1.29, 1.82) is 0 Å². The number of carboxylic acid groups (broad SMARTS) is 2. The fourth-order valence-corrected chi connectivity index (χ4v) is 2.35. The van der Waals surface area contributed by atoms with Gasteiger partial charge >= 0.3 is 17.9 Å². The van der Waals surface area contributed by atoms with Crippen molar-refractivity contribution in [2.24, 2.45) is 0 Å². The first kappa shape index (κ1) is 22.4. The molecule has 24 heavy (non-hydrogen) atoms. The van der Waals surface area contributed by atoms with E-state index in [1.807, 2.05) is 0 Å². The van der Waals surface area contributed by atoms with Crippen molar-refractivity contribution >= 4 is 17.9 Å². The Morgan fingerprint density at radius 3 is 1.79 bits per heavy atom. The summed E-state index contributed by atoms with van der Waals surface area (Å²) in [5.41, 5.74) is -2.62. The molecule has 0 amide bonds. The lowest BCUT2D eigenvalue weighted by Crippen LogP contribution is -2.43. The number of aliphatic hydroxyl groups is 1. The molecular weight excluding hydrogens is 316 g/mol. The molecule has 1 atom stereocenters. The lowest BCUT2D eigenvalue weighted by molar-refractivity contribution is -0.172. The third-order valence-electron chi connectivity index (χ3n) is 3.79. The summed E-state index contributed by atoms with van der Waals surface area (Å²) in [6.07, 6.45) is 8.12. The number of carbonyl (C=O) groups is 3. The molecular formula is C17H30O7. The summed E-state index contributed by atoms with van der Waals surface area (Å²) in [5.74, 6) is -4.14. The molecule has 3 N–H and O–H groups in total. The quantitative estimate of drug-likeness (QED) is 0.308. The molecule has 0 fully saturated rings. The Labute approximate surface area is 143 Å². The van der Waals surface area contributed by atoms with Crippen molar-refractivity contribution in [3.63, 3.8) is 0 Å². The molecule has 1 unspecified atom stereocenters. The molecule has 0 aliphatic rings. The maximum absolute atomic E-state index is 11.5. The van der Waals surface area contributed by atoms with Gasteiger partial charge in [-0.2, -0.15) is 0 Å². The molecule has 0 aliphatic heterocycles. The minimum Gasteiger partial charge on any atom is -0.481 e. The van der Waals surface area contributed by atoms with Crippen molar-refractivity contribution in [1.82, 2.24) is 0 Å². The molecule has 0 bridgehead atoms. The van der Waals surface area contributed by atoms with Crippen LogP contribution in [-0.4, -0.2) is 45.4 Å². The van der Waals surface area contributed by atoms with E-state index in [0.717, 1.165) is 19.3 Å². The SMILES string of the molecule is CCCCCCCCCCCOC(=O)CC(O)(CC(=O)O)C(=O)O. The van der Waals surface area contributed by atoms with Crippen LogP contribution in [-0.2, 0) is 19.1 Å². The van der Waals surface area contributed by atoms with Gasteiger partial charge in [-0.25, -0.2) is 4.79 Å². The van der Waals surface area contributed by atoms with Crippen molar-refractivity contribution in [2.75, 3.05) is 6.61 Å². The van der Waals surface area contributed by atoms with Gasteiger partial charge in [-0.05, 0) is 6.42 Å². The fourth-order valence-electron chi connectivity index (χ4n) is 2.35. The van der Waals surface area contributed by atoms with Crippen LogP contribution >= 0.6 is 0 Å². The molecule has 0 saturated heterocycles. The molecule has 140 valence electrons. The van der Waals surface area contributed by atoms with Gasteiger partial charge in [0.05, 0.1) is 19.4 Å². The monoisotopic (exact) mass is 346 g/mol. The van der Waals surface area contributed by atoms with E-state index in [4.69, 9.17) is 14.9 Å². The molecule has 0 aliphatic carbocycles. The van der Waals surface area contributed by atoms with Gasteiger partial charge in [0.1, 0.15) is 0 Å². The van der Waals surface area contributed by atoms with Crippen LogP contribution in [0.15, 0.2) is 0 Å². The maximum atomic E-state index is 11.5. The number of aliphatic carboxylic acids is 2. The number of unbranched alkanes of at least 4 members (excludes halogenated alkanes) is 8. The van der Waals surface area contributed by atoms with Crippen LogP contribution < -0.4 is 0 Å². The smallest absolute Gasteiger partial charge is 0.336 e. The summed E-state index contributed by atoms with van der Waals surface area (Å²) in [6.45, 7) is 2.33. The molecule has 7 nitrogen and oxygen atoms in total. The van der Waals surface area contributed by atoms with Crippen LogP contribution in [0, 0.1) is 0 Å². The summed E-state index contributed by atoms with van der Waals surface area (Å²) in [7, 11) is 0. The van der Waals surface area contributed by atoms with Gasteiger partial charge in [-0.1, -0.05) is 58.3 Å². The minimum atomic E-state index is -2.62. The Balaban J connectivity index is 3.78. The summed E-state index contributed by atoms with van der Waals surface area (Å²) in [4.78, 5) is 33.0. The third-order valence-corrected chi connectivity index (χ3v) is 3.79. The van der Waals surface area contributed by atoms with Crippen molar-refractivity contribution in [2.45, 2.75) is 83.2 Å². The van der Waals surface area contributed by atoms with E-state index in [-0.39, 0.29) is 6.61 Å². The highest BCUT2D eigenvalue weighted by Crippen LogP contribution is 2.17. The van der Waals surface area contributed by atoms with Crippen LogP contribution in [0.4, 0.5) is 0 Å². The predicted octanol–water partition coefficient (Wildman–Crippen LogP) is 2.74. The fraction of sp³-hybridized carbons (Fsp3) is 0.824. The zero-order valence-corrected chi connectivity index (χ0v) is 14.5. The molecule has 0 saturated carbocycles. The summed E-state index contributed by atoms with van der Waals surface area (Å²) in [6, 6.07) is 0. The van der Waals surface area contributed by atoms with E-state index >= 15 is 0 Å². The van der Waals surface area contributed by atoms with E-state index in [1.54, 1.807) is 0 Å². The van der Waals surface area contributed by atoms with Gasteiger partial charge in [0.15, 0.2) is 5.60 Å². The number of esters is 1. The Morgan fingerprint density at radius 1 is 0.833 bits per heavy atom. The molecule has 0 radical (unpaired) electrons. The normalized spacial score (nSPS) is 13.2. The Kier molecular flexibility index (Phi) is 11.9. The number of rotatable bonds is 15. The van der Waals surface area contributed by atoms with Gasteiger partial charge in [-0.3, -0.25) is 9.59 Å². The van der Waals surface area contributed by atoms with Crippen LogP contribution in [0.5, 0.6) is 0 Å². The Morgan fingerprint density at radius 2 is 1.33 bits per heavy atom. The van der Waals surface area contributed by atoms with E-state index in [2.05, 4.69) is 6.92 Å². The number of carboxylic acids is 2. The lowest BCUT2D eigenvalue weighted by atomic mass is 9.96. The Hall–Kier alpha value is -1.63. The number of hydrogen-bond acceptors (Lipinski definition) is 5. The van der Waals surface area contributed by atoms with E-state index in [0.29, 0.717) is 6.42 Å². The minimum absolute atomic E-state index is 0.150. The first-order chi connectivity index (χ1) is 11.3. The highest BCUT2D eigenvalue weighted by Gasteiger charge is 2.41. The van der Waals surface area contributed by atoms with E-state index in [1.165, 1.54) is 32.1 Å². The van der Waals surface area contributed by atoms with Crippen LogP contribution in [0.2, 0.25) is 0 Å². The highest BCUT2D eigenvalue weighted by atomic mass is 16.5. The van der Waals surface area contributed by atoms with E-state index < -0.39 is 36.4 Å². The zero-order valence-electron chi connectivity index (χ0n) is 14.5. The maximum Gasteiger partial charge on any atom is 0.336 e. The summed E-state index contributed by atoms with van der Waals surface area (Å²) < 4.78 is 4.87. The first-order valence-electron chi connectivity index (χ1n) is 8.65. The zero-order chi connectivity index (χ0) is 18.4. The number of hydrogen-bond donors (Lipinski definition) is 3. The van der Waals surface area contributed by atoms with Gasteiger partial charge < -0.3 is 20.1 Å². The third kappa shape index (κ3) is 11.0. The van der Waals surface area contributed by atoms with Crippen molar-refractivity contribution in [3.8, 4) is 0 Å². The summed E-state index contributed by atoms with van der Waals surface area (Å²) in [5, 5.41) is 27.2. The van der Waals surface area contributed by atoms with Gasteiger partial charge in [0, 0.05) is 0 Å². The van der Waals surface area contributed by atoms with Crippen LogP contribution in [0.25, 0.3) is 0 Å². The average Bonchev–Trinajstić information content (AvgIpc) is 2.48. The van der Waals surface area contributed by atoms with Crippen LogP contribution in [0.3, 0.4) is 0 Å². The van der Waals surface area contributed by atoms with Gasteiger partial charge in [0.25, 0.3) is 0 Å². The van der Waals surface area contributed by atoms with Crippen molar-refractivity contribution in [3.05, 3.63) is 0 Å². The average molecular weight is 346 g/mol. The molecule has 0 aromatic heterocycles. The molecule has 7 heteroatoms. The molecule has 0 aromatic carbocycles. The lowest BCUT2D eigenvalue weighted by Gasteiger charge is -2.20. The van der Waals surface area contributed by atoms with Crippen molar-refractivity contribution < 1.29 is 34.4 Å². The first-order valence-corrected chi connectivity index (χ1v) is 8.65. The standard InChI is InChI=1S/C17H30O7/c1-2-3-4-5-6-7-8-9-10-11-24-15(20)13-17(23,16(21)22)12-14(18)19/h23H,2-13H2,1H3,(H,18,19)(H,21,22). The predicted molar refractivity (Wildman–Crippen MR) is 87.6 cm³/mol. The summed E-state index contributed by atoms with van der Waals surface area (Å²) >= 11 is 0. The highest BCUT2D eigenvalue weighted by molar-refractivity contribution is 5.88. The second kappa shape index (κ2) is 12.8. The molecule has 0 spiro atoms. The van der Waals surface area contributed by atoms with Crippen LogP contribution in [0.1, 0.15) is 77.6 Å². The van der Waals surface area contributed by atoms with Gasteiger partial charge in [-0.15, -0.1) is 0 Å². The Bertz CT molecular complexity index is 394. The number of ether oxygens (including phenoxy) is 1. The topological polar surface area (TPSA) is 121 Å². The molecule has 0 rings (SSSR count). The second-order valence-electron chi connectivity index (χ2n) is 6.13. The number of carbonyl (C=O) groups excluding carboxylic acids is 1. The second-order valence-corrected chi connectivity index (χ2v) is 6.13. The largest absolute Gasteiger partial charge is 0.481 e. The van der Waals surface area contributed by atoms with Gasteiger partial charge in [0.2, 0.25) is 0 Å². The molecule has 0 aromatic rings. The molecule has 0 heterocycles.